The molecule has 0 unspecified atom stereocenters. The van der Waals surface area contributed by atoms with E-state index >= 15 is 0 Å². The first-order valence-electron chi connectivity index (χ1n) is 3.88. The zero-order valence-electron chi connectivity index (χ0n) is 7.30. The van der Waals surface area contributed by atoms with Gasteiger partial charge in [0.1, 0.15) is 13.1 Å². The third-order valence-corrected chi connectivity index (χ3v) is 1.53. The zero-order valence-corrected chi connectivity index (χ0v) is 7.30. The number of rotatable bonds is 4. The van der Waals surface area contributed by atoms with E-state index in [0.29, 0.717) is 6.29 Å². The molecule has 1 N–H and O–H groups in total. The number of nitrogens with one attached hydrogen (secondary N) is 1. The van der Waals surface area contributed by atoms with Crippen LogP contribution in [-0.4, -0.2) is 28.3 Å². The molecule has 0 atom stereocenters. The highest BCUT2D eigenvalue weighted by molar-refractivity contribution is 5.77. The summed E-state index contributed by atoms with van der Waals surface area (Å²) < 4.78 is 1.40. The first-order chi connectivity index (χ1) is 6.77. The summed E-state index contributed by atoms with van der Waals surface area (Å²) in [6.45, 7) is -0.0420. The maximum Gasteiger partial charge on any atom is 0.240 e. The number of hydrogen-bond donors (Lipinski definition) is 1. The van der Waals surface area contributed by atoms with Crippen molar-refractivity contribution in [2.45, 2.75) is 6.54 Å². The average Bonchev–Trinajstić information content (AvgIpc) is 2.62. The molecule has 0 saturated heterocycles. The molecule has 0 radical (unpaired) electrons. The van der Waals surface area contributed by atoms with Gasteiger partial charge in [-0.1, -0.05) is 0 Å². The number of carbonyl (C=O) groups excluding carboxylic acids is 2. The molecule has 1 amide bonds. The number of aldehydes is 1. The van der Waals surface area contributed by atoms with Crippen LogP contribution in [0.3, 0.4) is 0 Å². The second-order valence-corrected chi connectivity index (χ2v) is 2.47. The summed E-state index contributed by atoms with van der Waals surface area (Å²) in [5, 5.41) is 10.6. The largest absolute Gasteiger partial charge is 0.341 e. The molecule has 0 bridgehead atoms. The van der Waals surface area contributed by atoms with Crippen molar-refractivity contribution in [1.82, 2.24) is 14.9 Å². The van der Waals surface area contributed by atoms with E-state index in [4.69, 9.17) is 5.26 Å². The van der Waals surface area contributed by atoms with E-state index in [0.717, 1.165) is 0 Å². The van der Waals surface area contributed by atoms with Crippen molar-refractivity contribution in [2.24, 2.45) is 0 Å². The summed E-state index contributed by atoms with van der Waals surface area (Å²) in [4.78, 5) is 25.2. The summed E-state index contributed by atoms with van der Waals surface area (Å²) in [6.07, 6.45) is 3.52. The lowest BCUT2D eigenvalue weighted by Crippen LogP contribution is -2.28. The minimum Gasteiger partial charge on any atom is -0.341 e. The number of imidazole rings is 1. The van der Waals surface area contributed by atoms with Crippen molar-refractivity contribution in [3.05, 3.63) is 18.2 Å². The molecule has 1 aromatic rings. The SMILES string of the molecule is N#CCNC(=O)Cn1ccnc1C=O. The van der Waals surface area contributed by atoms with E-state index in [9.17, 15) is 9.59 Å². The third kappa shape index (κ3) is 2.42. The molecule has 0 aromatic carbocycles. The number of amides is 1. The minimum atomic E-state index is -0.326. The Kier molecular flexibility index (Phi) is 3.38. The molecule has 0 aliphatic heterocycles. The molecule has 1 rings (SSSR count). The van der Waals surface area contributed by atoms with Crippen molar-refractivity contribution in [3.8, 4) is 6.07 Å². The van der Waals surface area contributed by atoms with Crippen molar-refractivity contribution in [3.63, 3.8) is 0 Å². The van der Waals surface area contributed by atoms with Gasteiger partial charge in [0, 0.05) is 12.4 Å². The van der Waals surface area contributed by atoms with Crippen LogP contribution in [0.2, 0.25) is 0 Å². The predicted octanol–water partition coefficient (Wildman–Crippen LogP) is -0.665. The van der Waals surface area contributed by atoms with Crippen LogP contribution in [0.15, 0.2) is 12.4 Å². The highest BCUT2D eigenvalue weighted by Gasteiger charge is 2.05. The van der Waals surface area contributed by atoms with E-state index in [-0.39, 0.29) is 24.8 Å². The molecule has 6 nitrogen and oxygen atoms in total. The highest BCUT2D eigenvalue weighted by Crippen LogP contribution is 1.93. The zero-order chi connectivity index (χ0) is 10.4. The van der Waals surface area contributed by atoms with Crippen molar-refractivity contribution < 1.29 is 9.59 Å². The number of nitriles is 1. The molecule has 6 heteroatoms. The Labute approximate surface area is 80.2 Å². The topological polar surface area (TPSA) is 87.8 Å². The highest BCUT2D eigenvalue weighted by atomic mass is 16.2. The van der Waals surface area contributed by atoms with Gasteiger partial charge in [-0.2, -0.15) is 5.26 Å². The summed E-state index contributed by atoms with van der Waals surface area (Å²) >= 11 is 0. The molecular formula is C8H8N4O2. The smallest absolute Gasteiger partial charge is 0.240 e. The molecular weight excluding hydrogens is 184 g/mol. The molecule has 72 valence electrons. The van der Waals surface area contributed by atoms with Gasteiger partial charge in [-0.05, 0) is 0 Å². The van der Waals surface area contributed by atoms with Crippen LogP contribution in [0.5, 0.6) is 0 Å². The Morgan fingerprint density at radius 3 is 3.21 bits per heavy atom. The number of aromatic nitrogens is 2. The Bertz CT molecular complexity index is 377. The molecule has 1 heterocycles. The summed E-state index contributed by atoms with van der Waals surface area (Å²) in [5.74, 6) is -0.134. The third-order valence-electron chi connectivity index (χ3n) is 1.53. The first kappa shape index (κ1) is 9.92. The maximum absolute atomic E-state index is 11.1. The molecule has 0 spiro atoms. The minimum absolute atomic E-state index is 0.00421. The van der Waals surface area contributed by atoms with Gasteiger partial charge in [-0.15, -0.1) is 0 Å². The van der Waals surface area contributed by atoms with Crippen molar-refractivity contribution in [1.29, 1.82) is 5.26 Å². The fourth-order valence-corrected chi connectivity index (χ4v) is 0.921. The standard InChI is InChI=1S/C8H8N4O2/c9-1-2-11-8(14)5-12-4-3-10-7(12)6-13/h3-4,6H,2,5H2,(H,11,14). The lowest BCUT2D eigenvalue weighted by Gasteiger charge is -2.02. The fourth-order valence-electron chi connectivity index (χ4n) is 0.921. The monoisotopic (exact) mass is 192 g/mol. The summed E-state index contributed by atoms with van der Waals surface area (Å²) in [6, 6.07) is 1.78. The van der Waals surface area contributed by atoms with Crippen LogP contribution in [0.4, 0.5) is 0 Å². The van der Waals surface area contributed by atoms with E-state index in [1.165, 1.54) is 17.0 Å². The molecule has 0 fully saturated rings. The Balaban J connectivity index is 2.56. The van der Waals surface area contributed by atoms with E-state index < -0.39 is 0 Å². The van der Waals surface area contributed by atoms with E-state index in [1.54, 1.807) is 6.07 Å². The van der Waals surface area contributed by atoms with Gasteiger partial charge in [-0.25, -0.2) is 4.98 Å². The molecule has 1 aromatic heterocycles. The molecule has 0 saturated carbocycles. The van der Waals surface area contributed by atoms with Crippen LogP contribution in [0.25, 0.3) is 0 Å². The quantitative estimate of drug-likeness (QED) is 0.506. The predicted molar refractivity (Wildman–Crippen MR) is 46.2 cm³/mol. The van der Waals surface area contributed by atoms with Gasteiger partial charge < -0.3 is 9.88 Å². The van der Waals surface area contributed by atoms with Crippen LogP contribution >= 0.6 is 0 Å². The van der Waals surface area contributed by atoms with Crippen molar-refractivity contribution >= 4 is 12.2 Å². The normalized spacial score (nSPS) is 9.07. The Morgan fingerprint density at radius 2 is 2.57 bits per heavy atom. The molecule has 0 aliphatic rings. The van der Waals surface area contributed by atoms with Gasteiger partial charge in [-0.3, -0.25) is 9.59 Å². The lowest BCUT2D eigenvalue weighted by molar-refractivity contribution is -0.121. The first-order valence-corrected chi connectivity index (χ1v) is 3.88. The van der Waals surface area contributed by atoms with Gasteiger partial charge >= 0.3 is 0 Å². The van der Waals surface area contributed by atoms with Crippen LogP contribution in [0.1, 0.15) is 10.6 Å². The van der Waals surface area contributed by atoms with E-state index in [1.807, 2.05) is 0 Å². The van der Waals surface area contributed by atoms with Crippen LogP contribution in [0, 0.1) is 11.3 Å². The van der Waals surface area contributed by atoms with Gasteiger partial charge in [0.15, 0.2) is 12.1 Å². The van der Waals surface area contributed by atoms with Gasteiger partial charge in [0.25, 0.3) is 0 Å². The van der Waals surface area contributed by atoms with Crippen molar-refractivity contribution in [2.75, 3.05) is 6.54 Å². The molecule has 14 heavy (non-hydrogen) atoms. The van der Waals surface area contributed by atoms with E-state index in [2.05, 4.69) is 10.3 Å². The summed E-state index contributed by atoms with van der Waals surface area (Å²) in [7, 11) is 0. The molecule has 0 aliphatic carbocycles. The second kappa shape index (κ2) is 4.77. The Morgan fingerprint density at radius 1 is 1.79 bits per heavy atom. The summed E-state index contributed by atoms with van der Waals surface area (Å²) in [5.41, 5.74) is 0. The van der Waals surface area contributed by atoms with Gasteiger partial charge in [0.05, 0.1) is 6.07 Å². The number of nitrogens with zero attached hydrogens (tertiary/aromatic N) is 3. The number of carbonyl (C=O) groups is 2. The average molecular weight is 192 g/mol. The Hall–Kier alpha value is -2.16. The number of hydrogen-bond acceptors (Lipinski definition) is 4. The van der Waals surface area contributed by atoms with Crippen LogP contribution in [-0.2, 0) is 11.3 Å². The van der Waals surface area contributed by atoms with Crippen LogP contribution < -0.4 is 5.32 Å². The fraction of sp³-hybridized carbons (Fsp3) is 0.250. The van der Waals surface area contributed by atoms with Gasteiger partial charge in [0.2, 0.25) is 5.91 Å². The second-order valence-electron chi connectivity index (χ2n) is 2.47. The lowest BCUT2D eigenvalue weighted by atomic mass is 10.5. The maximum atomic E-state index is 11.1.